The Hall–Kier alpha value is -0.970. The standard InChI is InChI=1S/C12H16N2OS/c1-8(7-15)13-9(2)12-14-10-5-3-4-6-11(10)16-12/h3-6,8-9,13,15H,7H2,1-2H3. The summed E-state index contributed by atoms with van der Waals surface area (Å²) in [5.74, 6) is 0. The van der Waals surface area contributed by atoms with E-state index in [1.807, 2.05) is 25.1 Å². The molecule has 0 saturated carbocycles. The maximum absolute atomic E-state index is 8.99. The molecule has 0 bridgehead atoms. The molecule has 2 atom stereocenters. The fourth-order valence-corrected chi connectivity index (χ4v) is 2.61. The zero-order chi connectivity index (χ0) is 11.5. The fourth-order valence-electron chi connectivity index (χ4n) is 1.63. The number of hydrogen-bond acceptors (Lipinski definition) is 4. The molecule has 86 valence electrons. The van der Waals surface area contributed by atoms with Crippen LogP contribution < -0.4 is 5.32 Å². The van der Waals surface area contributed by atoms with Crippen molar-refractivity contribution in [3.63, 3.8) is 0 Å². The average Bonchev–Trinajstić information content (AvgIpc) is 2.72. The lowest BCUT2D eigenvalue weighted by atomic mass is 10.3. The minimum absolute atomic E-state index is 0.0991. The molecule has 2 unspecified atom stereocenters. The van der Waals surface area contributed by atoms with Crippen LogP contribution in [0.2, 0.25) is 0 Å². The summed E-state index contributed by atoms with van der Waals surface area (Å²) in [6.07, 6.45) is 0. The number of nitrogens with one attached hydrogen (secondary N) is 1. The zero-order valence-electron chi connectivity index (χ0n) is 9.47. The van der Waals surface area contributed by atoms with Crippen LogP contribution in [-0.2, 0) is 0 Å². The monoisotopic (exact) mass is 236 g/mol. The van der Waals surface area contributed by atoms with Gasteiger partial charge in [-0.15, -0.1) is 11.3 Å². The third-order valence-corrected chi connectivity index (χ3v) is 3.71. The fraction of sp³-hybridized carbons (Fsp3) is 0.417. The Balaban J connectivity index is 2.19. The van der Waals surface area contributed by atoms with Crippen LogP contribution in [0.3, 0.4) is 0 Å². The number of para-hydroxylation sites is 1. The summed E-state index contributed by atoms with van der Waals surface area (Å²) in [6, 6.07) is 8.41. The van der Waals surface area contributed by atoms with Crippen LogP contribution in [-0.4, -0.2) is 22.7 Å². The number of thiazole rings is 1. The normalized spacial score (nSPS) is 15.2. The van der Waals surface area contributed by atoms with E-state index < -0.39 is 0 Å². The number of aliphatic hydroxyl groups excluding tert-OH is 1. The maximum atomic E-state index is 8.99. The Labute approximate surface area is 99.1 Å². The molecular formula is C12H16N2OS. The second kappa shape index (κ2) is 4.91. The summed E-state index contributed by atoms with van der Waals surface area (Å²) in [5, 5.41) is 13.4. The Bertz CT molecular complexity index is 436. The number of benzene rings is 1. The van der Waals surface area contributed by atoms with Gasteiger partial charge < -0.3 is 10.4 Å². The van der Waals surface area contributed by atoms with Crippen molar-refractivity contribution in [1.29, 1.82) is 0 Å². The van der Waals surface area contributed by atoms with E-state index in [4.69, 9.17) is 5.11 Å². The van der Waals surface area contributed by atoms with Crippen LogP contribution in [0.5, 0.6) is 0 Å². The molecule has 1 aromatic carbocycles. The van der Waals surface area contributed by atoms with Crippen LogP contribution in [0.25, 0.3) is 10.2 Å². The Morgan fingerprint density at radius 3 is 2.81 bits per heavy atom. The van der Waals surface area contributed by atoms with Crippen LogP contribution in [0.1, 0.15) is 24.9 Å². The van der Waals surface area contributed by atoms with Gasteiger partial charge >= 0.3 is 0 Å². The van der Waals surface area contributed by atoms with Crippen molar-refractivity contribution in [2.45, 2.75) is 25.9 Å². The lowest BCUT2D eigenvalue weighted by Gasteiger charge is -2.15. The predicted octanol–water partition coefficient (Wildman–Crippen LogP) is 2.33. The van der Waals surface area contributed by atoms with Crippen LogP contribution >= 0.6 is 11.3 Å². The third-order valence-electron chi connectivity index (χ3n) is 2.49. The summed E-state index contributed by atoms with van der Waals surface area (Å²) in [5.41, 5.74) is 1.05. The van der Waals surface area contributed by atoms with Gasteiger partial charge in [-0.25, -0.2) is 4.98 Å². The van der Waals surface area contributed by atoms with Gasteiger partial charge in [0.1, 0.15) is 5.01 Å². The van der Waals surface area contributed by atoms with Gasteiger partial charge in [0.25, 0.3) is 0 Å². The molecule has 4 heteroatoms. The molecule has 0 fully saturated rings. The summed E-state index contributed by atoms with van der Waals surface area (Å²) in [7, 11) is 0. The van der Waals surface area contributed by atoms with Gasteiger partial charge in [-0.3, -0.25) is 0 Å². The van der Waals surface area contributed by atoms with Crippen molar-refractivity contribution in [2.24, 2.45) is 0 Å². The number of nitrogens with zero attached hydrogens (tertiary/aromatic N) is 1. The quantitative estimate of drug-likeness (QED) is 0.856. The summed E-state index contributed by atoms with van der Waals surface area (Å²) < 4.78 is 1.21. The Kier molecular flexibility index (Phi) is 3.53. The summed E-state index contributed by atoms with van der Waals surface area (Å²) >= 11 is 1.70. The molecule has 2 rings (SSSR count). The largest absolute Gasteiger partial charge is 0.395 e. The van der Waals surface area contributed by atoms with Crippen LogP contribution in [0.4, 0.5) is 0 Å². The first-order valence-corrected chi connectivity index (χ1v) is 6.24. The number of aliphatic hydroxyl groups is 1. The van der Waals surface area contributed by atoms with E-state index in [1.54, 1.807) is 11.3 Å². The number of fused-ring (bicyclic) bond motifs is 1. The van der Waals surface area contributed by atoms with Crippen LogP contribution in [0, 0.1) is 0 Å². The van der Waals surface area contributed by atoms with Gasteiger partial charge in [0.15, 0.2) is 0 Å². The van der Waals surface area contributed by atoms with Gasteiger partial charge in [-0.2, -0.15) is 0 Å². The van der Waals surface area contributed by atoms with E-state index in [2.05, 4.69) is 23.3 Å². The molecule has 3 nitrogen and oxygen atoms in total. The summed E-state index contributed by atoms with van der Waals surface area (Å²) in [6.45, 7) is 4.18. The second-order valence-corrected chi connectivity index (χ2v) is 5.05. The highest BCUT2D eigenvalue weighted by Crippen LogP contribution is 2.26. The molecule has 0 spiro atoms. The van der Waals surface area contributed by atoms with Crippen molar-refractivity contribution in [3.05, 3.63) is 29.3 Å². The van der Waals surface area contributed by atoms with E-state index in [-0.39, 0.29) is 18.7 Å². The molecule has 1 aromatic heterocycles. The maximum Gasteiger partial charge on any atom is 0.111 e. The van der Waals surface area contributed by atoms with Gasteiger partial charge in [0.2, 0.25) is 0 Å². The van der Waals surface area contributed by atoms with E-state index in [1.165, 1.54) is 4.70 Å². The molecule has 0 amide bonds. The number of aromatic nitrogens is 1. The first-order chi connectivity index (χ1) is 7.70. The number of hydrogen-bond donors (Lipinski definition) is 2. The Morgan fingerprint density at radius 2 is 2.12 bits per heavy atom. The highest BCUT2D eigenvalue weighted by molar-refractivity contribution is 7.18. The first kappa shape index (κ1) is 11.5. The van der Waals surface area contributed by atoms with E-state index in [9.17, 15) is 0 Å². The van der Waals surface area contributed by atoms with Crippen molar-refractivity contribution >= 4 is 21.6 Å². The molecule has 2 N–H and O–H groups in total. The molecule has 0 aliphatic carbocycles. The molecule has 16 heavy (non-hydrogen) atoms. The minimum Gasteiger partial charge on any atom is -0.395 e. The van der Waals surface area contributed by atoms with E-state index >= 15 is 0 Å². The number of rotatable bonds is 4. The smallest absolute Gasteiger partial charge is 0.111 e. The minimum atomic E-state index is 0.0991. The van der Waals surface area contributed by atoms with E-state index in [0.717, 1.165) is 10.5 Å². The molecule has 0 saturated heterocycles. The van der Waals surface area contributed by atoms with Crippen LogP contribution in [0.15, 0.2) is 24.3 Å². The topological polar surface area (TPSA) is 45.1 Å². The van der Waals surface area contributed by atoms with Gasteiger partial charge in [0, 0.05) is 6.04 Å². The average molecular weight is 236 g/mol. The Morgan fingerprint density at radius 1 is 1.38 bits per heavy atom. The van der Waals surface area contributed by atoms with E-state index in [0.29, 0.717) is 0 Å². The van der Waals surface area contributed by atoms with Gasteiger partial charge in [0.05, 0.1) is 22.9 Å². The summed E-state index contributed by atoms with van der Waals surface area (Å²) in [4.78, 5) is 4.57. The highest BCUT2D eigenvalue weighted by Gasteiger charge is 2.12. The third kappa shape index (κ3) is 2.40. The lowest BCUT2D eigenvalue weighted by molar-refractivity contribution is 0.243. The van der Waals surface area contributed by atoms with Gasteiger partial charge in [-0.1, -0.05) is 12.1 Å². The molecule has 1 heterocycles. The second-order valence-electron chi connectivity index (χ2n) is 3.99. The molecular weight excluding hydrogens is 220 g/mol. The zero-order valence-corrected chi connectivity index (χ0v) is 10.3. The first-order valence-electron chi connectivity index (χ1n) is 5.43. The highest BCUT2D eigenvalue weighted by atomic mass is 32.1. The molecule has 0 aliphatic rings. The lowest BCUT2D eigenvalue weighted by Crippen LogP contribution is -2.31. The molecule has 0 aliphatic heterocycles. The van der Waals surface area contributed by atoms with Gasteiger partial charge in [-0.05, 0) is 26.0 Å². The molecule has 2 aromatic rings. The van der Waals surface area contributed by atoms with Crippen molar-refractivity contribution in [3.8, 4) is 0 Å². The van der Waals surface area contributed by atoms with Crippen molar-refractivity contribution < 1.29 is 5.11 Å². The predicted molar refractivity (Wildman–Crippen MR) is 67.7 cm³/mol. The van der Waals surface area contributed by atoms with Crippen molar-refractivity contribution in [1.82, 2.24) is 10.3 Å². The molecule has 0 radical (unpaired) electrons. The SMILES string of the molecule is CC(CO)NC(C)c1nc2ccccc2s1. The van der Waals surface area contributed by atoms with Crippen molar-refractivity contribution in [2.75, 3.05) is 6.61 Å².